The van der Waals surface area contributed by atoms with Crippen LogP contribution in [0.3, 0.4) is 0 Å². The smallest absolute Gasteiger partial charge is 0.255 e. The summed E-state index contributed by atoms with van der Waals surface area (Å²) in [7, 11) is 0. The predicted octanol–water partition coefficient (Wildman–Crippen LogP) is 2.21. The molecule has 0 spiro atoms. The highest BCUT2D eigenvalue weighted by atomic mass is 19.1. The third-order valence-electron chi connectivity index (χ3n) is 2.61. The summed E-state index contributed by atoms with van der Waals surface area (Å²) in [6.07, 6.45) is 2.81. The van der Waals surface area contributed by atoms with Crippen LogP contribution in [0.1, 0.15) is 22.3 Å². The first-order valence-electron chi connectivity index (χ1n) is 6.31. The summed E-state index contributed by atoms with van der Waals surface area (Å²) in [6, 6.07) is 8.07. The van der Waals surface area contributed by atoms with Crippen molar-refractivity contribution in [1.29, 1.82) is 0 Å². The van der Waals surface area contributed by atoms with Gasteiger partial charge in [0.05, 0.1) is 18.5 Å². The Kier molecular flexibility index (Phi) is 5.02. The molecule has 2 aromatic rings. The first-order chi connectivity index (χ1) is 10.2. The van der Waals surface area contributed by atoms with Crippen LogP contribution in [0.25, 0.3) is 0 Å². The van der Waals surface area contributed by atoms with Gasteiger partial charge in [0.1, 0.15) is 0 Å². The maximum absolute atomic E-state index is 13.4. The fourth-order valence-electron chi connectivity index (χ4n) is 1.63. The van der Waals surface area contributed by atoms with Crippen LogP contribution in [0.4, 0.5) is 10.1 Å². The number of halogens is 1. The van der Waals surface area contributed by atoms with E-state index in [1.165, 1.54) is 12.3 Å². The highest BCUT2D eigenvalue weighted by Gasteiger charge is 2.09. The molecule has 0 atom stereocenters. The van der Waals surface area contributed by atoms with Crippen molar-refractivity contribution in [1.82, 2.24) is 4.98 Å². The average molecular weight is 284 g/mol. The van der Waals surface area contributed by atoms with Gasteiger partial charge in [0, 0.05) is 23.7 Å². The van der Waals surface area contributed by atoms with E-state index >= 15 is 0 Å². The summed E-state index contributed by atoms with van der Waals surface area (Å²) in [5.41, 5.74) is 1.11. The van der Waals surface area contributed by atoms with Crippen molar-refractivity contribution < 1.29 is 14.3 Å². The Labute approximate surface area is 121 Å². The Bertz CT molecular complexity index is 705. The zero-order valence-electron chi connectivity index (χ0n) is 11.1. The molecule has 0 fully saturated rings. The van der Waals surface area contributed by atoms with Crippen molar-refractivity contribution in [3.05, 3.63) is 59.7 Å². The van der Waals surface area contributed by atoms with Crippen LogP contribution >= 0.6 is 0 Å². The molecule has 1 heterocycles. The number of aliphatic hydroxyl groups excluding tert-OH is 1. The third-order valence-corrected chi connectivity index (χ3v) is 2.61. The van der Waals surface area contributed by atoms with E-state index in [4.69, 9.17) is 5.11 Å². The highest BCUT2D eigenvalue weighted by Crippen LogP contribution is 2.13. The number of carbonyl (C=O) groups excluding carboxylic acids is 1. The van der Waals surface area contributed by atoms with Crippen LogP contribution in [0.2, 0.25) is 0 Å². The number of nitrogens with one attached hydrogen (secondary N) is 1. The molecule has 0 saturated carbocycles. The molecule has 0 unspecified atom stereocenters. The number of hydrogen-bond acceptors (Lipinski definition) is 3. The lowest BCUT2D eigenvalue weighted by atomic mass is 10.1. The lowest BCUT2D eigenvalue weighted by molar-refractivity contribution is 0.102. The average Bonchev–Trinajstić information content (AvgIpc) is 2.50. The SMILES string of the molecule is O=C(Nc1ccncc1F)c1cccc(C#CCCO)c1. The molecule has 2 rings (SSSR count). The number of carbonyl (C=O) groups is 1. The molecule has 4 nitrogen and oxygen atoms in total. The van der Waals surface area contributed by atoms with Crippen molar-refractivity contribution >= 4 is 11.6 Å². The fourth-order valence-corrected chi connectivity index (χ4v) is 1.63. The number of aliphatic hydroxyl groups is 1. The maximum atomic E-state index is 13.4. The van der Waals surface area contributed by atoms with Crippen molar-refractivity contribution in [3.63, 3.8) is 0 Å². The Balaban J connectivity index is 2.15. The summed E-state index contributed by atoms with van der Waals surface area (Å²) in [6.45, 7) is -0.00546. The standard InChI is InChI=1S/C16H13FN2O2/c17-14-11-18-8-7-15(14)19-16(21)13-6-3-5-12(10-13)4-1-2-9-20/h3,5-8,10-11,20H,2,9H2,(H,18,19,21). The van der Waals surface area contributed by atoms with Gasteiger partial charge in [-0.3, -0.25) is 9.78 Å². The molecule has 1 aromatic heterocycles. The predicted molar refractivity (Wildman–Crippen MR) is 77.2 cm³/mol. The number of rotatable bonds is 3. The first-order valence-corrected chi connectivity index (χ1v) is 6.31. The number of amides is 1. The topological polar surface area (TPSA) is 62.2 Å². The van der Waals surface area contributed by atoms with Gasteiger partial charge in [-0.05, 0) is 24.3 Å². The third kappa shape index (κ3) is 4.13. The molecule has 0 bridgehead atoms. The molecule has 2 N–H and O–H groups in total. The van der Waals surface area contributed by atoms with Crippen LogP contribution in [0.15, 0.2) is 42.7 Å². The number of nitrogens with zero attached hydrogens (tertiary/aromatic N) is 1. The summed E-state index contributed by atoms with van der Waals surface area (Å²) >= 11 is 0. The van der Waals surface area contributed by atoms with Gasteiger partial charge in [-0.15, -0.1) is 0 Å². The minimum atomic E-state index is -0.593. The molecule has 0 aliphatic rings. The van der Waals surface area contributed by atoms with Gasteiger partial charge in [0.15, 0.2) is 5.82 Å². The molecule has 0 aliphatic heterocycles. The number of hydrogen-bond donors (Lipinski definition) is 2. The quantitative estimate of drug-likeness (QED) is 0.849. The van der Waals surface area contributed by atoms with Gasteiger partial charge >= 0.3 is 0 Å². The Morgan fingerprint density at radius 3 is 3.00 bits per heavy atom. The molecule has 5 heteroatoms. The van der Waals surface area contributed by atoms with E-state index in [9.17, 15) is 9.18 Å². The van der Waals surface area contributed by atoms with E-state index in [-0.39, 0.29) is 12.3 Å². The highest BCUT2D eigenvalue weighted by molar-refractivity contribution is 6.04. The number of aromatic nitrogens is 1. The zero-order valence-corrected chi connectivity index (χ0v) is 11.1. The van der Waals surface area contributed by atoms with Crippen LogP contribution < -0.4 is 5.32 Å². The van der Waals surface area contributed by atoms with E-state index in [2.05, 4.69) is 22.1 Å². The van der Waals surface area contributed by atoms with Crippen LogP contribution in [0, 0.1) is 17.7 Å². The van der Waals surface area contributed by atoms with Crippen LogP contribution in [-0.4, -0.2) is 22.6 Å². The minimum absolute atomic E-state index is 0.00546. The Morgan fingerprint density at radius 1 is 1.38 bits per heavy atom. The van der Waals surface area contributed by atoms with E-state index in [0.29, 0.717) is 17.5 Å². The zero-order chi connectivity index (χ0) is 15.1. The summed E-state index contributed by atoms with van der Waals surface area (Å²) < 4.78 is 13.4. The van der Waals surface area contributed by atoms with Gasteiger partial charge in [-0.25, -0.2) is 4.39 Å². The molecular weight excluding hydrogens is 271 g/mol. The van der Waals surface area contributed by atoms with Gasteiger partial charge in [0.2, 0.25) is 0 Å². The Morgan fingerprint density at radius 2 is 2.24 bits per heavy atom. The van der Waals surface area contributed by atoms with Crippen LogP contribution in [0.5, 0.6) is 0 Å². The van der Waals surface area contributed by atoms with E-state index < -0.39 is 11.7 Å². The van der Waals surface area contributed by atoms with Gasteiger partial charge in [-0.1, -0.05) is 17.9 Å². The van der Waals surface area contributed by atoms with E-state index in [1.54, 1.807) is 24.3 Å². The monoisotopic (exact) mass is 284 g/mol. The van der Waals surface area contributed by atoms with Gasteiger partial charge < -0.3 is 10.4 Å². The van der Waals surface area contributed by atoms with E-state index in [1.807, 2.05) is 0 Å². The van der Waals surface area contributed by atoms with Gasteiger partial charge in [0.25, 0.3) is 5.91 Å². The number of pyridine rings is 1. The Hall–Kier alpha value is -2.71. The van der Waals surface area contributed by atoms with Crippen molar-refractivity contribution in [3.8, 4) is 11.8 Å². The fraction of sp³-hybridized carbons (Fsp3) is 0.125. The maximum Gasteiger partial charge on any atom is 0.255 e. The largest absolute Gasteiger partial charge is 0.395 e. The summed E-state index contributed by atoms with van der Waals surface area (Å²) in [5.74, 6) is 4.60. The number of anilines is 1. The van der Waals surface area contributed by atoms with E-state index in [0.717, 1.165) is 6.20 Å². The second-order valence-corrected chi connectivity index (χ2v) is 4.17. The molecule has 0 saturated heterocycles. The van der Waals surface area contributed by atoms with Crippen molar-refractivity contribution in [2.75, 3.05) is 11.9 Å². The summed E-state index contributed by atoms with van der Waals surface area (Å²) in [5, 5.41) is 11.1. The lowest BCUT2D eigenvalue weighted by Gasteiger charge is -2.06. The molecule has 0 radical (unpaired) electrons. The molecule has 21 heavy (non-hydrogen) atoms. The molecule has 1 amide bonds. The second kappa shape index (κ2) is 7.17. The molecule has 106 valence electrons. The normalized spacial score (nSPS) is 9.62. The second-order valence-electron chi connectivity index (χ2n) is 4.17. The van der Waals surface area contributed by atoms with Crippen LogP contribution in [-0.2, 0) is 0 Å². The van der Waals surface area contributed by atoms with Gasteiger partial charge in [-0.2, -0.15) is 0 Å². The number of benzene rings is 1. The molecular formula is C16H13FN2O2. The van der Waals surface area contributed by atoms with Crippen molar-refractivity contribution in [2.24, 2.45) is 0 Å². The lowest BCUT2D eigenvalue weighted by Crippen LogP contribution is -2.13. The molecule has 1 aromatic carbocycles. The molecule has 0 aliphatic carbocycles. The first kappa shape index (κ1) is 14.7. The minimum Gasteiger partial charge on any atom is -0.395 e. The summed E-state index contributed by atoms with van der Waals surface area (Å²) in [4.78, 5) is 15.7. The van der Waals surface area contributed by atoms with Crippen molar-refractivity contribution in [2.45, 2.75) is 6.42 Å².